The van der Waals surface area contributed by atoms with Crippen LogP contribution in [0.2, 0.25) is 0 Å². The Morgan fingerprint density at radius 1 is 1.08 bits per heavy atom. The Hall–Kier alpha value is -4.44. The molecule has 1 aliphatic carbocycles. The van der Waals surface area contributed by atoms with Crippen molar-refractivity contribution < 1.29 is 24.2 Å². The summed E-state index contributed by atoms with van der Waals surface area (Å²) < 4.78 is 12.9. The van der Waals surface area contributed by atoms with Gasteiger partial charge >= 0.3 is 0 Å². The monoisotopic (exact) mass is 487 g/mol. The summed E-state index contributed by atoms with van der Waals surface area (Å²) in [5.74, 6) is 1.53. The molecule has 5 rings (SSSR count). The van der Waals surface area contributed by atoms with E-state index in [0.717, 1.165) is 18.4 Å². The number of imidazole rings is 1. The maximum absolute atomic E-state index is 12.8. The molecule has 0 atom stereocenters. The molecule has 0 radical (unpaired) electrons. The van der Waals surface area contributed by atoms with Gasteiger partial charge in [0, 0.05) is 29.3 Å². The number of fused-ring (bicyclic) bond motifs is 1. The van der Waals surface area contributed by atoms with Crippen molar-refractivity contribution >= 4 is 29.0 Å². The zero-order valence-corrected chi connectivity index (χ0v) is 19.6. The fourth-order valence-corrected chi connectivity index (χ4v) is 3.56. The number of hydrogen-bond donors (Lipinski definition) is 3. The molecular weight excluding hydrogens is 462 g/mol. The molecule has 1 fully saturated rings. The number of amides is 2. The largest absolute Gasteiger partial charge is 0.491 e. The maximum Gasteiger partial charge on any atom is 0.255 e. The second-order valence-corrected chi connectivity index (χ2v) is 8.50. The van der Waals surface area contributed by atoms with Gasteiger partial charge < -0.3 is 25.2 Å². The molecule has 3 N–H and O–H groups in total. The number of anilines is 2. The third-order valence-electron chi connectivity index (χ3n) is 5.63. The van der Waals surface area contributed by atoms with Crippen LogP contribution in [0.15, 0.2) is 60.8 Å². The summed E-state index contributed by atoms with van der Waals surface area (Å²) >= 11 is 0. The van der Waals surface area contributed by atoms with Crippen molar-refractivity contribution in [2.45, 2.75) is 19.8 Å². The van der Waals surface area contributed by atoms with Gasteiger partial charge in [-0.3, -0.25) is 9.59 Å². The number of carbonyl (C=O) groups is 2. The first-order chi connectivity index (χ1) is 17.5. The number of rotatable bonds is 9. The molecule has 1 aliphatic rings. The Bertz CT molecular complexity index is 1430. The lowest BCUT2D eigenvalue weighted by atomic mass is 10.1. The van der Waals surface area contributed by atoms with E-state index in [1.807, 2.05) is 13.0 Å². The first kappa shape index (κ1) is 23.3. The normalized spacial score (nSPS) is 12.8. The summed E-state index contributed by atoms with van der Waals surface area (Å²) in [6.07, 6.45) is 3.47. The minimum atomic E-state index is -0.302. The lowest BCUT2D eigenvalue weighted by Crippen LogP contribution is -2.13. The fourth-order valence-electron chi connectivity index (χ4n) is 3.56. The number of ether oxygens (including phenoxy) is 2. The van der Waals surface area contributed by atoms with Crippen LogP contribution in [0.25, 0.3) is 5.65 Å². The van der Waals surface area contributed by atoms with Crippen LogP contribution in [0.3, 0.4) is 0 Å². The van der Waals surface area contributed by atoms with Crippen molar-refractivity contribution in [2.75, 3.05) is 23.8 Å². The smallest absolute Gasteiger partial charge is 0.255 e. The number of aromatic nitrogens is 3. The topological polar surface area (TPSA) is 127 Å². The van der Waals surface area contributed by atoms with E-state index in [4.69, 9.17) is 14.6 Å². The number of aliphatic hydroxyl groups excluding tert-OH is 1. The highest BCUT2D eigenvalue weighted by Crippen LogP contribution is 2.30. The minimum Gasteiger partial charge on any atom is -0.491 e. The standard InChI is InChI=1S/C26H25N5O5/c1-16-5-8-20(14-21(16)27-26(34)18-3-2-4-19(13-18)35-12-11-32)36-24-10-9-23-28-22(15-31(23)30-24)29-25(33)17-6-7-17/h2-5,8-10,13-15,17,32H,6-7,11-12H2,1H3,(H,27,34)(H,29,33). The molecule has 184 valence electrons. The van der Waals surface area contributed by atoms with Gasteiger partial charge in [-0.2, -0.15) is 0 Å². The fraction of sp³-hybridized carbons (Fsp3) is 0.231. The first-order valence-electron chi connectivity index (χ1n) is 11.6. The van der Waals surface area contributed by atoms with Crippen LogP contribution in [0.5, 0.6) is 17.4 Å². The molecule has 0 bridgehead atoms. The van der Waals surface area contributed by atoms with Crippen LogP contribution in [-0.4, -0.2) is 44.7 Å². The molecule has 10 nitrogen and oxygen atoms in total. The number of nitrogens with zero attached hydrogens (tertiary/aromatic N) is 3. The van der Waals surface area contributed by atoms with Crippen molar-refractivity contribution in [2.24, 2.45) is 5.92 Å². The van der Waals surface area contributed by atoms with Gasteiger partial charge in [0.05, 0.1) is 12.8 Å². The van der Waals surface area contributed by atoms with Crippen LogP contribution in [0.4, 0.5) is 11.5 Å². The molecule has 2 heterocycles. The third kappa shape index (κ3) is 5.44. The van der Waals surface area contributed by atoms with Gasteiger partial charge in [0.2, 0.25) is 11.8 Å². The number of hydrogen-bond acceptors (Lipinski definition) is 7. The summed E-state index contributed by atoms with van der Waals surface area (Å²) in [6.45, 7) is 1.93. The van der Waals surface area contributed by atoms with E-state index in [2.05, 4.69) is 20.7 Å². The summed E-state index contributed by atoms with van der Waals surface area (Å²) in [5, 5.41) is 19.1. The van der Waals surface area contributed by atoms with Crippen LogP contribution in [0, 0.1) is 12.8 Å². The molecule has 2 amide bonds. The molecule has 2 aromatic heterocycles. The van der Waals surface area contributed by atoms with E-state index < -0.39 is 0 Å². The second-order valence-electron chi connectivity index (χ2n) is 8.50. The molecule has 4 aromatic rings. The van der Waals surface area contributed by atoms with Crippen LogP contribution < -0.4 is 20.1 Å². The van der Waals surface area contributed by atoms with Gasteiger partial charge in [0.15, 0.2) is 11.5 Å². The van der Waals surface area contributed by atoms with E-state index in [0.29, 0.717) is 40.1 Å². The molecule has 2 aromatic carbocycles. The first-order valence-corrected chi connectivity index (χ1v) is 11.6. The highest BCUT2D eigenvalue weighted by molar-refractivity contribution is 6.05. The Morgan fingerprint density at radius 3 is 2.75 bits per heavy atom. The molecule has 36 heavy (non-hydrogen) atoms. The second kappa shape index (κ2) is 10.0. The van der Waals surface area contributed by atoms with Crippen LogP contribution >= 0.6 is 0 Å². The molecule has 0 spiro atoms. The van der Waals surface area contributed by atoms with Gasteiger partial charge in [-0.25, -0.2) is 9.50 Å². The maximum atomic E-state index is 12.8. The molecule has 0 saturated heterocycles. The van der Waals surface area contributed by atoms with Gasteiger partial charge in [-0.05, 0) is 55.7 Å². The summed E-state index contributed by atoms with van der Waals surface area (Å²) in [6, 6.07) is 15.5. The minimum absolute atomic E-state index is 0.0199. The van der Waals surface area contributed by atoms with Crippen molar-refractivity contribution in [1.82, 2.24) is 14.6 Å². The van der Waals surface area contributed by atoms with Gasteiger partial charge in [-0.1, -0.05) is 12.1 Å². The van der Waals surface area contributed by atoms with E-state index >= 15 is 0 Å². The SMILES string of the molecule is Cc1ccc(Oc2ccc3nc(NC(=O)C4CC4)cn3n2)cc1NC(=O)c1cccc(OCCO)c1. The Kier molecular flexibility index (Phi) is 6.50. The zero-order chi connectivity index (χ0) is 25.1. The van der Waals surface area contributed by atoms with E-state index in [-0.39, 0.29) is 30.9 Å². The quantitative estimate of drug-likeness (QED) is 0.328. The molecule has 0 unspecified atom stereocenters. The van der Waals surface area contributed by atoms with Crippen LogP contribution in [-0.2, 0) is 4.79 Å². The molecule has 10 heteroatoms. The highest BCUT2D eigenvalue weighted by Gasteiger charge is 2.30. The Balaban J connectivity index is 1.29. The lowest BCUT2D eigenvalue weighted by Gasteiger charge is -2.12. The molecule has 1 saturated carbocycles. The summed E-state index contributed by atoms with van der Waals surface area (Å²) in [7, 11) is 0. The van der Waals surface area contributed by atoms with E-state index in [1.165, 1.54) is 0 Å². The summed E-state index contributed by atoms with van der Waals surface area (Å²) in [4.78, 5) is 29.2. The van der Waals surface area contributed by atoms with Crippen molar-refractivity contribution in [3.05, 3.63) is 71.9 Å². The van der Waals surface area contributed by atoms with Crippen molar-refractivity contribution in [3.8, 4) is 17.4 Å². The predicted octanol–water partition coefficient (Wildman–Crippen LogP) is 3.80. The molecule has 0 aliphatic heterocycles. The lowest BCUT2D eigenvalue weighted by molar-refractivity contribution is -0.117. The molecular formula is C26H25N5O5. The van der Waals surface area contributed by atoms with Crippen molar-refractivity contribution in [3.63, 3.8) is 0 Å². The Morgan fingerprint density at radius 2 is 1.94 bits per heavy atom. The number of aryl methyl sites for hydroxylation is 1. The van der Waals surface area contributed by atoms with Crippen molar-refractivity contribution in [1.29, 1.82) is 0 Å². The predicted molar refractivity (Wildman–Crippen MR) is 133 cm³/mol. The zero-order valence-electron chi connectivity index (χ0n) is 19.6. The number of benzene rings is 2. The van der Waals surface area contributed by atoms with Gasteiger partial charge in [0.1, 0.15) is 18.1 Å². The third-order valence-corrected chi connectivity index (χ3v) is 5.63. The average Bonchev–Trinajstić information content (AvgIpc) is 3.65. The summed E-state index contributed by atoms with van der Waals surface area (Å²) in [5.41, 5.74) is 2.45. The van der Waals surface area contributed by atoms with Gasteiger partial charge in [-0.15, -0.1) is 5.10 Å². The highest BCUT2D eigenvalue weighted by atomic mass is 16.5. The Labute approximate surface area is 206 Å². The number of aliphatic hydroxyl groups is 1. The van der Waals surface area contributed by atoms with E-state index in [9.17, 15) is 9.59 Å². The van der Waals surface area contributed by atoms with Crippen LogP contribution in [0.1, 0.15) is 28.8 Å². The number of carbonyl (C=O) groups excluding carboxylic acids is 2. The van der Waals surface area contributed by atoms with Gasteiger partial charge in [0.25, 0.3) is 5.91 Å². The van der Waals surface area contributed by atoms with E-state index in [1.54, 1.807) is 59.2 Å². The average molecular weight is 488 g/mol. The number of nitrogens with one attached hydrogen (secondary N) is 2.